The number of aromatic carboxylic acids is 1. The Morgan fingerprint density at radius 2 is 1.78 bits per heavy atom. The number of carboxylic acids is 1. The van der Waals surface area contributed by atoms with Crippen molar-refractivity contribution in [3.8, 4) is 0 Å². The van der Waals surface area contributed by atoms with Crippen molar-refractivity contribution in [2.75, 3.05) is 10.5 Å². The summed E-state index contributed by atoms with van der Waals surface area (Å²) in [5.41, 5.74) is 1.72. The smallest absolute Gasteiger partial charge is 0.337 e. The molecule has 0 amide bonds. The Balaban J connectivity index is 2.45. The number of hydrogen-bond donors (Lipinski definition) is 2. The van der Waals surface area contributed by atoms with Crippen LogP contribution < -0.4 is 4.72 Å². The van der Waals surface area contributed by atoms with E-state index in [4.69, 9.17) is 0 Å². The topological polar surface area (TPSA) is 83.5 Å². The van der Waals surface area contributed by atoms with Crippen LogP contribution in [0.2, 0.25) is 0 Å². The lowest BCUT2D eigenvalue weighted by Gasteiger charge is -2.15. The van der Waals surface area contributed by atoms with Crippen LogP contribution in [-0.2, 0) is 16.4 Å². The van der Waals surface area contributed by atoms with Crippen LogP contribution in [-0.4, -0.2) is 25.2 Å². The van der Waals surface area contributed by atoms with E-state index in [1.54, 1.807) is 19.1 Å². The van der Waals surface area contributed by atoms with E-state index in [1.165, 1.54) is 6.07 Å². The minimum absolute atomic E-state index is 0.0434. The van der Waals surface area contributed by atoms with Gasteiger partial charge in [-0.2, -0.15) is 0 Å². The average molecular weight is 333 g/mol. The highest BCUT2D eigenvalue weighted by Crippen LogP contribution is 2.25. The molecule has 0 radical (unpaired) electrons. The first kappa shape index (κ1) is 17.0. The van der Waals surface area contributed by atoms with Crippen LogP contribution in [0.4, 0.5) is 5.69 Å². The molecule has 0 aliphatic heterocycles. The molecule has 0 aliphatic rings. The van der Waals surface area contributed by atoms with E-state index in [0.717, 1.165) is 5.56 Å². The summed E-state index contributed by atoms with van der Waals surface area (Å²) in [4.78, 5) is 11.4. The lowest BCUT2D eigenvalue weighted by Crippen LogP contribution is -2.19. The molecule has 0 aliphatic carbocycles. The van der Waals surface area contributed by atoms with E-state index in [-0.39, 0.29) is 17.0 Å². The maximum atomic E-state index is 12.1. The molecule has 0 heterocycles. The summed E-state index contributed by atoms with van der Waals surface area (Å²) in [7, 11) is -3.57. The Labute approximate surface area is 136 Å². The quantitative estimate of drug-likeness (QED) is 0.815. The largest absolute Gasteiger partial charge is 0.478 e. The van der Waals surface area contributed by atoms with E-state index >= 15 is 0 Å². The summed E-state index contributed by atoms with van der Waals surface area (Å²) in [6.45, 7) is 1.76. The first-order valence-electron chi connectivity index (χ1n) is 7.32. The van der Waals surface area contributed by atoms with Crippen LogP contribution in [0.1, 0.15) is 34.8 Å². The summed E-state index contributed by atoms with van der Waals surface area (Å²) in [6.07, 6.45) is 0.907. The summed E-state index contributed by atoms with van der Waals surface area (Å²) >= 11 is 0. The Kier molecular flexibility index (Phi) is 5.39. The summed E-state index contributed by atoms with van der Waals surface area (Å²) in [6, 6.07) is 14.3. The third-order valence-corrected chi connectivity index (χ3v) is 4.81. The number of nitrogens with one attached hydrogen (secondary N) is 1. The van der Waals surface area contributed by atoms with Crippen molar-refractivity contribution in [1.29, 1.82) is 0 Å². The Morgan fingerprint density at radius 3 is 2.39 bits per heavy atom. The van der Waals surface area contributed by atoms with Crippen molar-refractivity contribution in [3.63, 3.8) is 0 Å². The highest BCUT2D eigenvalue weighted by Gasteiger charge is 2.19. The summed E-state index contributed by atoms with van der Waals surface area (Å²) in [5, 5.41) is 9.35. The van der Waals surface area contributed by atoms with E-state index in [1.807, 2.05) is 30.3 Å². The zero-order chi connectivity index (χ0) is 16.9. The average Bonchev–Trinajstić information content (AvgIpc) is 2.49. The number of carbonyl (C=O) groups is 1. The van der Waals surface area contributed by atoms with Crippen molar-refractivity contribution >= 4 is 21.7 Å². The lowest BCUT2D eigenvalue weighted by molar-refractivity contribution is 0.0698. The molecule has 2 aromatic rings. The predicted molar refractivity (Wildman–Crippen MR) is 90.3 cm³/mol. The monoisotopic (exact) mass is 333 g/mol. The van der Waals surface area contributed by atoms with Gasteiger partial charge in [-0.1, -0.05) is 49.4 Å². The first-order chi connectivity index (χ1) is 10.9. The van der Waals surface area contributed by atoms with Crippen LogP contribution in [0.25, 0.3) is 0 Å². The van der Waals surface area contributed by atoms with Crippen molar-refractivity contribution in [2.45, 2.75) is 19.8 Å². The highest BCUT2D eigenvalue weighted by molar-refractivity contribution is 7.92. The van der Waals surface area contributed by atoms with Gasteiger partial charge in [-0.15, -0.1) is 0 Å². The van der Waals surface area contributed by atoms with Gasteiger partial charge in [-0.25, -0.2) is 13.2 Å². The molecule has 2 N–H and O–H groups in total. The van der Waals surface area contributed by atoms with Gasteiger partial charge in [0.15, 0.2) is 0 Å². The van der Waals surface area contributed by atoms with E-state index in [9.17, 15) is 18.3 Å². The van der Waals surface area contributed by atoms with Crippen molar-refractivity contribution in [1.82, 2.24) is 0 Å². The van der Waals surface area contributed by atoms with Gasteiger partial charge < -0.3 is 5.11 Å². The fourth-order valence-corrected chi connectivity index (χ4v) is 3.53. The number of sulfonamides is 1. The van der Waals surface area contributed by atoms with Crippen LogP contribution in [0.3, 0.4) is 0 Å². The molecule has 0 saturated carbocycles. The van der Waals surface area contributed by atoms with E-state index in [0.29, 0.717) is 18.4 Å². The highest BCUT2D eigenvalue weighted by atomic mass is 32.2. The molecule has 0 spiro atoms. The maximum Gasteiger partial charge on any atom is 0.337 e. The molecular formula is C17H19NO4S. The van der Waals surface area contributed by atoms with Crippen LogP contribution in [0.15, 0.2) is 48.5 Å². The second-order valence-corrected chi connectivity index (χ2v) is 7.07. The maximum absolute atomic E-state index is 12.1. The second kappa shape index (κ2) is 7.28. The van der Waals surface area contributed by atoms with Gasteiger partial charge in [-0.05, 0) is 30.0 Å². The van der Waals surface area contributed by atoms with Crippen LogP contribution >= 0.6 is 0 Å². The molecule has 0 aromatic heterocycles. The minimum Gasteiger partial charge on any atom is -0.478 e. The molecule has 2 aromatic carbocycles. The normalized spacial score (nSPS) is 11.2. The van der Waals surface area contributed by atoms with Crippen molar-refractivity contribution < 1.29 is 18.3 Å². The molecule has 5 nitrogen and oxygen atoms in total. The van der Waals surface area contributed by atoms with Crippen LogP contribution in [0.5, 0.6) is 0 Å². The lowest BCUT2D eigenvalue weighted by atomic mass is 10.0. The predicted octanol–water partition coefficient (Wildman–Crippen LogP) is 3.13. The Bertz CT molecular complexity index is 785. The van der Waals surface area contributed by atoms with Crippen molar-refractivity contribution in [2.24, 2.45) is 0 Å². The third kappa shape index (κ3) is 4.56. The van der Waals surface area contributed by atoms with Gasteiger partial charge in [0.25, 0.3) is 0 Å². The molecule has 0 bridgehead atoms. The number of para-hydroxylation sites is 1. The van der Waals surface area contributed by atoms with Crippen LogP contribution in [0, 0.1) is 0 Å². The number of rotatable bonds is 7. The van der Waals surface area contributed by atoms with E-state index in [2.05, 4.69) is 4.72 Å². The van der Waals surface area contributed by atoms with Gasteiger partial charge in [0.05, 0.1) is 17.0 Å². The molecule has 23 heavy (non-hydrogen) atoms. The number of hydrogen-bond acceptors (Lipinski definition) is 3. The summed E-state index contributed by atoms with van der Waals surface area (Å²) in [5.74, 6) is -1.21. The number of carboxylic acid groups (broad SMARTS) is 1. The first-order valence-corrected chi connectivity index (χ1v) is 8.98. The van der Waals surface area contributed by atoms with Gasteiger partial charge in [-0.3, -0.25) is 4.72 Å². The standard InChI is InChI=1S/C17H19NO4S/c1-2-11-23(21,22)18-16-14(9-6-10-15(16)17(19)20)12-13-7-4-3-5-8-13/h3-10,18H,2,11-12H2,1H3,(H,19,20). The molecule has 0 atom stereocenters. The van der Waals surface area contributed by atoms with E-state index < -0.39 is 16.0 Å². The molecule has 0 fully saturated rings. The Morgan fingerprint density at radius 1 is 1.09 bits per heavy atom. The van der Waals surface area contributed by atoms with Gasteiger partial charge in [0.1, 0.15) is 0 Å². The molecule has 2 rings (SSSR count). The molecule has 0 unspecified atom stereocenters. The zero-order valence-electron chi connectivity index (χ0n) is 12.8. The number of benzene rings is 2. The second-order valence-electron chi connectivity index (χ2n) is 5.23. The molecule has 6 heteroatoms. The third-order valence-electron chi connectivity index (χ3n) is 3.35. The molecule has 0 saturated heterocycles. The summed E-state index contributed by atoms with van der Waals surface area (Å²) < 4.78 is 26.6. The molecular weight excluding hydrogens is 314 g/mol. The van der Waals surface area contributed by atoms with Gasteiger partial charge >= 0.3 is 5.97 Å². The molecule has 122 valence electrons. The van der Waals surface area contributed by atoms with Gasteiger partial charge in [0.2, 0.25) is 10.0 Å². The SMILES string of the molecule is CCCS(=O)(=O)Nc1c(Cc2ccccc2)cccc1C(=O)O. The minimum atomic E-state index is -3.57. The van der Waals surface area contributed by atoms with Crippen molar-refractivity contribution in [3.05, 3.63) is 65.2 Å². The Hall–Kier alpha value is -2.34. The zero-order valence-corrected chi connectivity index (χ0v) is 13.6. The fraction of sp³-hybridized carbons (Fsp3) is 0.235. The fourth-order valence-electron chi connectivity index (χ4n) is 2.34. The number of anilines is 1. The van der Waals surface area contributed by atoms with Gasteiger partial charge in [0, 0.05) is 0 Å².